The van der Waals surface area contributed by atoms with Crippen LogP contribution in [0, 0.1) is 0 Å². The zero-order valence-corrected chi connectivity index (χ0v) is 12.2. The molecule has 0 aliphatic heterocycles. The molecule has 3 nitrogen and oxygen atoms in total. The van der Waals surface area contributed by atoms with Crippen LogP contribution in [0.2, 0.25) is 0 Å². The number of amides is 1. The summed E-state index contributed by atoms with van der Waals surface area (Å²) < 4.78 is 5.19. The SMILES string of the molecule is COc1ccccc1NC(=O)CSCc1cccs1. The number of carbonyl (C=O) groups is 1. The van der Waals surface area contributed by atoms with Crippen LogP contribution in [-0.4, -0.2) is 18.8 Å². The second kappa shape index (κ2) is 7.21. The molecule has 0 atom stereocenters. The Hall–Kier alpha value is -1.46. The van der Waals surface area contributed by atoms with E-state index in [-0.39, 0.29) is 5.91 Å². The molecular weight excluding hydrogens is 278 g/mol. The quantitative estimate of drug-likeness (QED) is 0.884. The Kier molecular flexibility index (Phi) is 5.30. The van der Waals surface area contributed by atoms with Gasteiger partial charge in [0, 0.05) is 10.6 Å². The van der Waals surface area contributed by atoms with E-state index in [1.54, 1.807) is 30.2 Å². The highest BCUT2D eigenvalue weighted by atomic mass is 32.2. The van der Waals surface area contributed by atoms with E-state index in [0.29, 0.717) is 17.2 Å². The molecule has 0 saturated carbocycles. The Bertz CT molecular complexity index is 526. The van der Waals surface area contributed by atoms with Crippen LogP contribution in [0.25, 0.3) is 0 Å². The van der Waals surface area contributed by atoms with E-state index in [2.05, 4.69) is 11.4 Å². The maximum atomic E-state index is 11.8. The van der Waals surface area contributed by atoms with Gasteiger partial charge in [0.2, 0.25) is 5.91 Å². The molecule has 19 heavy (non-hydrogen) atoms. The van der Waals surface area contributed by atoms with Crippen molar-refractivity contribution in [3.63, 3.8) is 0 Å². The third-order valence-corrected chi connectivity index (χ3v) is 4.48. The number of rotatable bonds is 6. The molecule has 0 saturated heterocycles. The summed E-state index contributed by atoms with van der Waals surface area (Å²) in [6, 6.07) is 11.5. The fourth-order valence-corrected chi connectivity index (χ4v) is 3.24. The van der Waals surface area contributed by atoms with Crippen molar-refractivity contribution < 1.29 is 9.53 Å². The van der Waals surface area contributed by atoms with E-state index in [1.165, 1.54) is 4.88 Å². The molecule has 1 N–H and O–H groups in total. The number of benzene rings is 1. The minimum absolute atomic E-state index is 0.00828. The monoisotopic (exact) mass is 293 g/mol. The lowest BCUT2D eigenvalue weighted by Gasteiger charge is -2.09. The van der Waals surface area contributed by atoms with Gasteiger partial charge in [-0.05, 0) is 23.6 Å². The first-order chi connectivity index (χ1) is 9.29. The fourth-order valence-electron chi connectivity index (χ4n) is 1.57. The number of thioether (sulfide) groups is 1. The van der Waals surface area contributed by atoms with Gasteiger partial charge < -0.3 is 10.1 Å². The summed E-state index contributed by atoms with van der Waals surface area (Å²) in [7, 11) is 1.59. The van der Waals surface area contributed by atoms with Gasteiger partial charge in [-0.1, -0.05) is 18.2 Å². The molecule has 0 spiro atoms. The number of anilines is 1. The fraction of sp³-hybridized carbons (Fsp3) is 0.214. The molecule has 1 heterocycles. The van der Waals surface area contributed by atoms with E-state index in [1.807, 2.05) is 35.7 Å². The molecule has 0 aliphatic rings. The van der Waals surface area contributed by atoms with Crippen LogP contribution in [0.4, 0.5) is 5.69 Å². The first kappa shape index (κ1) is 14.0. The average Bonchev–Trinajstić information content (AvgIpc) is 2.92. The van der Waals surface area contributed by atoms with Gasteiger partial charge in [0.05, 0.1) is 18.6 Å². The molecular formula is C14H15NO2S2. The van der Waals surface area contributed by atoms with Gasteiger partial charge in [0.1, 0.15) is 5.75 Å². The second-order valence-corrected chi connectivity index (χ2v) is 5.84. The zero-order valence-electron chi connectivity index (χ0n) is 10.6. The van der Waals surface area contributed by atoms with Crippen LogP contribution in [0.15, 0.2) is 41.8 Å². The maximum absolute atomic E-state index is 11.8. The first-order valence-electron chi connectivity index (χ1n) is 5.82. The highest BCUT2D eigenvalue weighted by Crippen LogP contribution is 2.23. The van der Waals surface area contributed by atoms with Gasteiger partial charge in [0.25, 0.3) is 0 Å². The number of carbonyl (C=O) groups excluding carboxylic acids is 1. The molecule has 1 amide bonds. The van der Waals surface area contributed by atoms with Crippen molar-refractivity contribution >= 4 is 34.7 Å². The second-order valence-electron chi connectivity index (χ2n) is 3.82. The van der Waals surface area contributed by atoms with E-state index < -0.39 is 0 Å². The highest BCUT2D eigenvalue weighted by Gasteiger charge is 2.07. The third-order valence-electron chi connectivity index (χ3n) is 2.44. The van der Waals surface area contributed by atoms with Crippen molar-refractivity contribution in [3.8, 4) is 5.75 Å². The Morgan fingerprint density at radius 2 is 2.16 bits per heavy atom. The smallest absolute Gasteiger partial charge is 0.234 e. The van der Waals surface area contributed by atoms with Crippen molar-refractivity contribution in [1.82, 2.24) is 0 Å². The molecule has 0 aliphatic carbocycles. The number of nitrogens with one attached hydrogen (secondary N) is 1. The van der Waals surface area contributed by atoms with E-state index in [9.17, 15) is 4.79 Å². The Morgan fingerprint density at radius 3 is 2.89 bits per heavy atom. The van der Waals surface area contributed by atoms with Gasteiger partial charge in [0.15, 0.2) is 0 Å². The van der Waals surface area contributed by atoms with Crippen molar-refractivity contribution in [3.05, 3.63) is 46.7 Å². The minimum Gasteiger partial charge on any atom is -0.495 e. The van der Waals surface area contributed by atoms with Gasteiger partial charge in [-0.3, -0.25) is 4.79 Å². The molecule has 2 rings (SSSR count). The van der Waals surface area contributed by atoms with Crippen LogP contribution in [0.3, 0.4) is 0 Å². The number of methoxy groups -OCH3 is 1. The molecule has 0 bridgehead atoms. The number of thiophene rings is 1. The lowest BCUT2D eigenvalue weighted by atomic mass is 10.3. The van der Waals surface area contributed by atoms with Gasteiger partial charge in [-0.2, -0.15) is 0 Å². The zero-order chi connectivity index (χ0) is 13.5. The normalized spacial score (nSPS) is 10.2. The minimum atomic E-state index is -0.00828. The predicted octanol–water partition coefficient (Wildman–Crippen LogP) is 3.63. The van der Waals surface area contributed by atoms with Crippen LogP contribution in [-0.2, 0) is 10.5 Å². The van der Waals surface area contributed by atoms with Gasteiger partial charge >= 0.3 is 0 Å². The Morgan fingerprint density at radius 1 is 1.32 bits per heavy atom. The van der Waals surface area contributed by atoms with E-state index >= 15 is 0 Å². The molecule has 0 radical (unpaired) electrons. The van der Waals surface area contributed by atoms with Crippen molar-refractivity contribution in [2.24, 2.45) is 0 Å². The van der Waals surface area contributed by atoms with Crippen molar-refractivity contribution in [1.29, 1.82) is 0 Å². The Balaban J connectivity index is 1.80. The van der Waals surface area contributed by atoms with E-state index in [0.717, 1.165) is 5.75 Å². The van der Waals surface area contributed by atoms with Crippen molar-refractivity contribution in [2.45, 2.75) is 5.75 Å². The molecule has 1 aromatic heterocycles. The molecule has 1 aromatic carbocycles. The summed E-state index contributed by atoms with van der Waals surface area (Å²) in [5.74, 6) is 1.98. The lowest BCUT2D eigenvalue weighted by molar-refractivity contribution is -0.113. The number of hydrogen-bond donors (Lipinski definition) is 1. The molecule has 0 unspecified atom stereocenters. The molecule has 100 valence electrons. The number of para-hydroxylation sites is 2. The predicted molar refractivity (Wildman–Crippen MR) is 82.1 cm³/mol. The molecule has 5 heteroatoms. The standard InChI is InChI=1S/C14H15NO2S2/c1-17-13-7-3-2-6-12(13)15-14(16)10-18-9-11-5-4-8-19-11/h2-8H,9-10H2,1H3,(H,15,16). The Labute approximate surface area is 121 Å². The lowest BCUT2D eigenvalue weighted by Crippen LogP contribution is -2.14. The molecule has 0 fully saturated rings. The largest absolute Gasteiger partial charge is 0.495 e. The molecule has 2 aromatic rings. The summed E-state index contributed by atoms with van der Waals surface area (Å²) >= 11 is 3.32. The first-order valence-corrected chi connectivity index (χ1v) is 7.86. The summed E-state index contributed by atoms with van der Waals surface area (Å²) in [4.78, 5) is 13.1. The van der Waals surface area contributed by atoms with Crippen molar-refractivity contribution in [2.75, 3.05) is 18.2 Å². The van der Waals surface area contributed by atoms with Crippen LogP contribution >= 0.6 is 23.1 Å². The van der Waals surface area contributed by atoms with Crippen LogP contribution < -0.4 is 10.1 Å². The van der Waals surface area contributed by atoms with Crippen LogP contribution in [0.5, 0.6) is 5.75 Å². The topological polar surface area (TPSA) is 38.3 Å². The summed E-state index contributed by atoms with van der Waals surface area (Å²) in [5, 5.41) is 4.91. The van der Waals surface area contributed by atoms with E-state index in [4.69, 9.17) is 4.74 Å². The number of ether oxygens (including phenoxy) is 1. The van der Waals surface area contributed by atoms with Gasteiger partial charge in [-0.15, -0.1) is 23.1 Å². The third kappa shape index (κ3) is 4.29. The maximum Gasteiger partial charge on any atom is 0.234 e. The number of hydrogen-bond acceptors (Lipinski definition) is 4. The summed E-state index contributed by atoms with van der Waals surface area (Å²) in [6.45, 7) is 0. The van der Waals surface area contributed by atoms with Crippen LogP contribution in [0.1, 0.15) is 4.88 Å². The summed E-state index contributed by atoms with van der Waals surface area (Å²) in [5.41, 5.74) is 0.715. The summed E-state index contributed by atoms with van der Waals surface area (Å²) in [6.07, 6.45) is 0. The van der Waals surface area contributed by atoms with Gasteiger partial charge in [-0.25, -0.2) is 0 Å². The highest BCUT2D eigenvalue weighted by molar-refractivity contribution is 7.99. The average molecular weight is 293 g/mol.